The van der Waals surface area contributed by atoms with Crippen molar-refractivity contribution in [1.82, 2.24) is 19.8 Å². The van der Waals surface area contributed by atoms with Gasteiger partial charge in [-0.25, -0.2) is 8.42 Å². The molecular formula is C30H41N5O5S. The Morgan fingerprint density at radius 3 is 2.37 bits per heavy atom. The lowest BCUT2D eigenvalue weighted by atomic mass is 9.83. The zero-order chi connectivity index (χ0) is 29.3. The van der Waals surface area contributed by atoms with Gasteiger partial charge in [0.05, 0.1) is 24.3 Å². The molecule has 2 heterocycles. The number of carbonyl (C=O) groups excluding carboxylic acids is 3. The minimum Gasteiger partial charge on any atom is -0.343 e. The van der Waals surface area contributed by atoms with E-state index < -0.39 is 40.1 Å². The number of likely N-dealkylation sites (N-methyl/N-ethyl adjacent to an activating group) is 1. The number of nitrogens with one attached hydrogen (secondary N) is 3. The zero-order valence-corrected chi connectivity index (χ0v) is 24.8. The van der Waals surface area contributed by atoms with Gasteiger partial charge in [0.1, 0.15) is 6.04 Å². The van der Waals surface area contributed by atoms with Crippen molar-refractivity contribution in [2.24, 2.45) is 11.8 Å². The lowest BCUT2D eigenvalue weighted by Crippen LogP contribution is -2.58. The molecule has 1 saturated carbocycles. The van der Waals surface area contributed by atoms with E-state index in [1.165, 1.54) is 4.31 Å². The molecule has 0 unspecified atom stereocenters. The second-order valence-corrected chi connectivity index (χ2v) is 13.7. The number of rotatable bonds is 8. The van der Waals surface area contributed by atoms with Gasteiger partial charge in [-0.2, -0.15) is 4.31 Å². The third-order valence-electron chi connectivity index (χ3n) is 9.15. The molecule has 3 N–H and O–H groups in total. The molecule has 5 rings (SSSR count). The molecule has 0 bridgehead atoms. The SMILES string of the molecule is CN[C@H](C)C(=O)N[C@H](C(=O)N1CC[C@@H]2[C@H]1[C@@H](C(=O)Nc1ccc3ccccc3c1)CN2S(C)(=O)=O)C1CCCCC1. The third-order valence-corrected chi connectivity index (χ3v) is 10.4. The van der Waals surface area contributed by atoms with Crippen LogP contribution in [-0.4, -0.2) is 85.9 Å². The van der Waals surface area contributed by atoms with Gasteiger partial charge in [-0.15, -0.1) is 0 Å². The molecule has 2 aromatic rings. The van der Waals surface area contributed by atoms with E-state index in [-0.39, 0.29) is 30.2 Å². The molecule has 0 radical (unpaired) electrons. The van der Waals surface area contributed by atoms with Crippen LogP contribution < -0.4 is 16.0 Å². The molecule has 3 fully saturated rings. The Kier molecular flexibility index (Phi) is 8.68. The fourth-order valence-electron chi connectivity index (χ4n) is 6.85. The summed E-state index contributed by atoms with van der Waals surface area (Å²) in [7, 11) is -1.91. The van der Waals surface area contributed by atoms with Gasteiger partial charge in [0.15, 0.2) is 0 Å². The van der Waals surface area contributed by atoms with Crippen LogP contribution in [0.2, 0.25) is 0 Å². The van der Waals surface area contributed by atoms with Crippen molar-refractivity contribution in [2.45, 2.75) is 69.6 Å². The monoisotopic (exact) mass is 583 g/mol. The molecule has 2 saturated heterocycles. The predicted molar refractivity (Wildman–Crippen MR) is 159 cm³/mol. The number of benzene rings is 2. The molecule has 11 heteroatoms. The van der Waals surface area contributed by atoms with Crippen molar-refractivity contribution in [1.29, 1.82) is 0 Å². The molecule has 3 aliphatic rings. The minimum absolute atomic E-state index is 0.000552. The van der Waals surface area contributed by atoms with Gasteiger partial charge in [-0.05, 0) is 62.1 Å². The summed E-state index contributed by atoms with van der Waals surface area (Å²) in [5.41, 5.74) is 0.618. The molecule has 2 aliphatic heterocycles. The predicted octanol–water partition coefficient (Wildman–Crippen LogP) is 2.31. The van der Waals surface area contributed by atoms with Gasteiger partial charge in [0.2, 0.25) is 27.7 Å². The maximum atomic E-state index is 14.3. The molecule has 5 atom stereocenters. The summed E-state index contributed by atoms with van der Waals surface area (Å²) in [5, 5.41) is 11.0. The first-order valence-electron chi connectivity index (χ1n) is 14.6. The van der Waals surface area contributed by atoms with Crippen molar-refractivity contribution >= 4 is 44.2 Å². The Morgan fingerprint density at radius 2 is 1.68 bits per heavy atom. The highest BCUT2D eigenvalue weighted by Crippen LogP contribution is 2.39. The lowest BCUT2D eigenvalue weighted by Gasteiger charge is -2.36. The highest BCUT2D eigenvalue weighted by molar-refractivity contribution is 7.88. The van der Waals surface area contributed by atoms with E-state index in [2.05, 4.69) is 16.0 Å². The van der Waals surface area contributed by atoms with Crippen LogP contribution in [-0.2, 0) is 24.4 Å². The fraction of sp³-hybridized carbons (Fsp3) is 0.567. The Labute approximate surface area is 242 Å². The summed E-state index contributed by atoms with van der Waals surface area (Å²) in [5.74, 6) is -1.53. The van der Waals surface area contributed by atoms with Crippen LogP contribution in [0.3, 0.4) is 0 Å². The highest BCUT2D eigenvalue weighted by Gasteiger charge is 2.56. The maximum absolute atomic E-state index is 14.3. The summed E-state index contributed by atoms with van der Waals surface area (Å²) < 4.78 is 27.0. The number of fused-ring (bicyclic) bond motifs is 2. The lowest BCUT2D eigenvalue weighted by molar-refractivity contribution is -0.140. The number of carbonyl (C=O) groups is 3. The third kappa shape index (κ3) is 6.12. The Morgan fingerprint density at radius 1 is 0.976 bits per heavy atom. The summed E-state index contributed by atoms with van der Waals surface area (Å²) >= 11 is 0. The second kappa shape index (κ2) is 12.1. The number of amides is 3. The van der Waals surface area contributed by atoms with E-state index in [1.54, 1.807) is 18.9 Å². The van der Waals surface area contributed by atoms with Crippen LogP contribution in [0.15, 0.2) is 42.5 Å². The van der Waals surface area contributed by atoms with Gasteiger partial charge < -0.3 is 20.9 Å². The number of nitrogens with zero attached hydrogens (tertiary/aromatic N) is 2. The largest absolute Gasteiger partial charge is 0.343 e. The molecule has 10 nitrogen and oxygen atoms in total. The normalized spacial score (nSPS) is 25.0. The summed E-state index contributed by atoms with van der Waals surface area (Å²) in [4.78, 5) is 42.6. The molecule has 1 aliphatic carbocycles. The van der Waals surface area contributed by atoms with E-state index in [1.807, 2.05) is 42.5 Å². The van der Waals surface area contributed by atoms with E-state index in [0.29, 0.717) is 18.7 Å². The van der Waals surface area contributed by atoms with Gasteiger partial charge in [-0.3, -0.25) is 14.4 Å². The van der Waals surface area contributed by atoms with Crippen LogP contribution in [0.1, 0.15) is 45.4 Å². The van der Waals surface area contributed by atoms with Gasteiger partial charge in [0.25, 0.3) is 0 Å². The summed E-state index contributed by atoms with van der Waals surface area (Å²) in [6, 6.07) is 11.2. The Hall–Kier alpha value is -3.02. The molecule has 3 amide bonds. The molecular weight excluding hydrogens is 542 g/mol. The number of hydrogen-bond donors (Lipinski definition) is 3. The van der Waals surface area contributed by atoms with Gasteiger partial charge in [0, 0.05) is 24.8 Å². The fourth-order valence-corrected chi connectivity index (χ4v) is 8.00. The van der Waals surface area contributed by atoms with Crippen LogP contribution in [0.4, 0.5) is 5.69 Å². The van der Waals surface area contributed by atoms with Crippen LogP contribution in [0.5, 0.6) is 0 Å². The quantitative estimate of drug-likeness (QED) is 0.438. The van der Waals surface area contributed by atoms with Crippen molar-refractivity contribution < 1.29 is 22.8 Å². The van der Waals surface area contributed by atoms with E-state index >= 15 is 0 Å². The highest BCUT2D eigenvalue weighted by atomic mass is 32.2. The minimum atomic E-state index is -3.61. The van der Waals surface area contributed by atoms with Crippen LogP contribution in [0.25, 0.3) is 10.8 Å². The number of sulfonamides is 1. The van der Waals surface area contributed by atoms with E-state index in [4.69, 9.17) is 0 Å². The smallest absolute Gasteiger partial charge is 0.245 e. The van der Waals surface area contributed by atoms with Crippen LogP contribution in [0, 0.1) is 11.8 Å². The topological polar surface area (TPSA) is 128 Å². The standard InChI is InChI=1S/C30H41N5O5S/c1-19(31-2)28(36)33-26(21-10-5-4-6-11-21)30(38)34-16-15-25-27(34)24(18-35(25)41(3,39)40)29(37)32-23-14-13-20-9-7-8-12-22(20)17-23/h7-9,12-14,17,19,21,24-27,31H,4-6,10-11,15-16,18H2,1-3H3,(H,32,37)(H,33,36)/t19-,24+,25-,26+,27-/m1/s1. The first-order chi connectivity index (χ1) is 19.6. The molecule has 41 heavy (non-hydrogen) atoms. The van der Waals surface area contributed by atoms with Crippen LogP contribution >= 0.6 is 0 Å². The summed E-state index contributed by atoms with van der Waals surface area (Å²) in [6.45, 7) is 2.09. The number of anilines is 1. The maximum Gasteiger partial charge on any atom is 0.245 e. The van der Waals surface area contributed by atoms with E-state index in [0.717, 1.165) is 49.1 Å². The first kappa shape index (κ1) is 29.5. The van der Waals surface area contributed by atoms with Crippen molar-refractivity contribution in [3.05, 3.63) is 42.5 Å². The van der Waals surface area contributed by atoms with Gasteiger partial charge >= 0.3 is 0 Å². The zero-order valence-electron chi connectivity index (χ0n) is 24.0. The van der Waals surface area contributed by atoms with Gasteiger partial charge in [-0.1, -0.05) is 49.6 Å². The first-order valence-corrected chi connectivity index (χ1v) is 16.5. The number of likely N-dealkylation sites (tertiary alicyclic amines) is 1. The second-order valence-electron chi connectivity index (χ2n) is 11.8. The summed E-state index contributed by atoms with van der Waals surface area (Å²) in [6.07, 6.45) is 6.38. The Bertz CT molecular complexity index is 1410. The molecule has 0 aromatic heterocycles. The average molecular weight is 584 g/mol. The number of hydrogen-bond acceptors (Lipinski definition) is 6. The molecule has 0 spiro atoms. The van der Waals surface area contributed by atoms with E-state index in [9.17, 15) is 22.8 Å². The van der Waals surface area contributed by atoms with Crippen molar-refractivity contribution in [3.63, 3.8) is 0 Å². The molecule has 222 valence electrons. The van der Waals surface area contributed by atoms with Crippen molar-refractivity contribution in [2.75, 3.05) is 31.7 Å². The molecule has 2 aromatic carbocycles. The average Bonchev–Trinajstić information content (AvgIpc) is 3.56. The Balaban J connectivity index is 1.42. The van der Waals surface area contributed by atoms with Crippen molar-refractivity contribution in [3.8, 4) is 0 Å².